The molecule has 5 aromatic carbocycles. The van der Waals surface area contributed by atoms with Crippen LogP contribution in [0.4, 0.5) is 0 Å². The van der Waals surface area contributed by atoms with E-state index in [1.54, 1.807) is 31.0 Å². The van der Waals surface area contributed by atoms with Gasteiger partial charge in [-0.05, 0) is 109 Å². The fourth-order valence-electron chi connectivity index (χ4n) is 9.42. The van der Waals surface area contributed by atoms with Crippen LogP contribution in [0.1, 0.15) is 97.9 Å². The lowest BCUT2D eigenvalue weighted by Crippen LogP contribution is -2.67. The molecule has 1 saturated heterocycles. The van der Waals surface area contributed by atoms with Gasteiger partial charge in [0.05, 0.1) is 39.1 Å². The first kappa shape index (κ1) is 58.2. The normalized spacial score (nSPS) is 17.1. The van der Waals surface area contributed by atoms with E-state index in [0.717, 1.165) is 22.3 Å². The summed E-state index contributed by atoms with van der Waals surface area (Å²) < 4.78 is 56.3. The maximum absolute atomic E-state index is 14.5. The van der Waals surface area contributed by atoms with Crippen LogP contribution in [0.5, 0.6) is 11.5 Å². The molecule has 0 spiro atoms. The van der Waals surface area contributed by atoms with Gasteiger partial charge in [-0.1, -0.05) is 144 Å². The minimum atomic E-state index is -2.83. The first-order valence-electron chi connectivity index (χ1n) is 25.6. The second kappa shape index (κ2) is 26.6. The number of carbonyl (C=O) groups excluding carboxylic acids is 2. The molecule has 0 N–H and O–H groups in total. The van der Waals surface area contributed by atoms with Crippen molar-refractivity contribution in [2.45, 2.75) is 138 Å². The van der Waals surface area contributed by atoms with E-state index in [1.807, 2.05) is 68.4 Å². The van der Waals surface area contributed by atoms with E-state index in [1.165, 1.54) is 24.6 Å². The number of carbonyl (C=O) groups is 2. The third-order valence-electron chi connectivity index (χ3n) is 13.0. The van der Waals surface area contributed by atoms with E-state index >= 15 is 0 Å². The fourth-order valence-corrected chi connectivity index (χ4v) is 16.1. The number of thioether (sulfide) groups is 1. The Hall–Kier alpha value is -5.04. The van der Waals surface area contributed by atoms with Crippen LogP contribution < -0.4 is 19.8 Å². The van der Waals surface area contributed by atoms with E-state index in [9.17, 15) is 9.59 Å². The molecule has 0 radical (unpaired) electrons. The Morgan fingerprint density at radius 1 is 0.797 bits per heavy atom. The van der Waals surface area contributed by atoms with E-state index in [0.29, 0.717) is 31.4 Å². The van der Waals surface area contributed by atoms with Gasteiger partial charge in [-0.2, -0.15) is 0 Å². The summed E-state index contributed by atoms with van der Waals surface area (Å²) >= 11 is 1.54. The highest BCUT2D eigenvalue weighted by atomic mass is 32.2. The van der Waals surface area contributed by atoms with Crippen molar-refractivity contribution in [2.24, 2.45) is 0 Å². The van der Waals surface area contributed by atoms with E-state index in [-0.39, 0.29) is 41.4 Å². The number of hydrogen-bond acceptors (Lipinski definition) is 12. The summed E-state index contributed by atoms with van der Waals surface area (Å²) in [5.74, 6) is -1.14. The Labute approximate surface area is 446 Å². The highest BCUT2D eigenvalue weighted by Gasteiger charge is 2.51. The van der Waals surface area contributed by atoms with Crippen molar-refractivity contribution in [1.82, 2.24) is 0 Å². The Morgan fingerprint density at radius 2 is 1.42 bits per heavy atom. The zero-order chi connectivity index (χ0) is 53.5. The van der Waals surface area contributed by atoms with Crippen LogP contribution in [-0.4, -0.2) is 93.3 Å². The standard InChI is InChI=1S/C60H78O11SSi2/c1-43(71-74(59(2,3)4,47-26-18-14-19-27-47)48-28-20-15-21-29-48)23-22-30-51(67-41-44-31-33-45(64-8)34-32-44)56-52(69-60(5,6)70-56)37-38-53(72-46-24-16-13-17-25-46)54-49(57(61)65-9)35-36-50(68-42-63-7)55(54)58(62)66-39-40-73(10,11)12/h13-22,24-36,43,51-53,56H,23,37-42H2,1-12H3/t43-,51?,52+,53?,56-/m1/s1. The predicted octanol–water partition coefficient (Wildman–Crippen LogP) is 12.6. The lowest BCUT2D eigenvalue weighted by Gasteiger charge is -2.44. The third-order valence-corrected chi connectivity index (χ3v) is 21.2. The summed E-state index contributed by atoms with van der Waals surface area (Å²) in [5, 5.41) is 1.75. The first-order valence-corrected chi connectivity index (χ1v) is 32.1. The molecule has 2 unspecified atom stereocenters. The van der Waals surface area contributed by atoms with E-state index in [4.69, 9.17) is 42.3 Å². The molecule has 0 aromatic heterocycles. The van der Waals surface area contributed by atoms with Crippen molar-refractivity contribution < 1.29 is 51.9 Å². The lowest BCUT2D eigenvalue weighted by molar-refractivity contribution is -0.156. The number of methoxy groups -OCH3 is 3. The van der Waals surface area contributed by atoms with Crippen molar-refractivity contribution in [3.8, 4) is 11.5 Å². The van der Waals surface area contributed by atoms with Crippen molar-refractivity contribution >= 4 is 50.5 Å². The van der Waals surface area contributed by atoms with Crippen LogP contribution in [-0.2, 0) is 39.5 Å². The molecule has 5 aromatic rings. The van der Waals surface area contributed by atoms with Crippen molar-refractivity contribution in [3.63, 3.8) is 0 Å². The lowest BCUT2D eigenvalue weighted by atomic mass is 9.92. The molecule has 0 aliphatic carbocycles. The second-order valence-corrected chi connectivity index (χ2v) is 32.6. The van der Waals surface area contributed by atoms with E-state index in [2.05, 4.69) is 120 Å². The third kappa shape index (κ3) is 15.5. The largest absolute Gasteiger partial charge is 0.497 e. The van der Waals surface area contributed by atoms with Crippen molar-refractivity contribution in [2.75, 3.05) is 34.7 Å². The number of ether oxygens (including phenoxy) is 8. The Morgan fingerprint density at radius 3 is 1.99 bits per heavy atom. The predicted molar refractivity (Wildman–Crippen MR) is 300 cm³/mol. The van der Waals surface area contributed by atoms with Gasteiger partial charge in [0.1, 0.15) is 29.3 Å². The van der Waals surface area contributed by atoms with Gasteiger partial charge in [0.25, 0.3) is 8.32 Å². The van der Waals surface area contributed by atoms with Crippen LogP contribution in [0.25, 0.3) is 0 Å². The summed E-state index contributed by atoms with van der Waals surface area (Å²) in [7, 11) is 0.0891. The molecular formula is C60H78O11SSi2. The molecule has 1 heterocycles. The molecule has 0 bridgehead atoms. The molecule has 11 nitrogen and oxygen atoms in total. The highest BCUT2D eigenvalue weighted by molar-refractivity contribution is 7.99. The summed E-state index contributed by atoms with van der Waals surface area (Å²) in [6, 6.07) is 43.1. The average Bonchev–Trinajstić information content (AvgIpc) is 3.70. The van der Waals surface area contributed by atoms with Gasteiger partial charge in [-0.25, -0.2) is 9.59 Å². The molecule has 1 fully saturated rings. The Bertz CT molecular complexity index is 2520. The fraction of sp³-hybridized carbons (Fsp3) is 0.433. The summed E-state index contributed by atoms with van der Waals surface area (Å²) in [6.07, 6.45) is 3.98. The highest BCUT2D eigenvalue weighted by Crippen LogP contribution is 2.46. The van der Waals surface area contributed by atoms with Gasteiger partial charge >= 0.3 is 11.9 Å². The van der Waals surface area contributed by atoms with Gasteiger partial charge < -0.3 is 42.3 Å². The molecule has 6 rings (SSSR count). The summed E-state index contributed by atoms with van der Waals surface area (Å²) in [5.41, 5.74) is 1.82. The first-order chi connectivity index (χ1) is 35.3. The topological polar surface area (TPSA) is 117 Å². The Balaban J connectivity index is 1.37. The van der Waals surface area contributed by atoms with Crippen LogP contribution in [0.3, 0.4) is 0 Å². The average molecular weight is 1060 g/mol. The quantitative estimate of drug-likeness (QED) is 0.0172. The second-order valence-electron chi connectivity index (χ2n) is 21.4. The summed E-state index contributed by atoms with van der Waals surface area (Å²) in [6.45, 7) is 19.9. The number of hydrogen-bond donors (Lipinski definition) is 0. The van der Waals surface area contributed by atoms with Crippen LogP contribution in [0.15, 0.2) is 144 Å². The van der Waals surface area contributed by atoms with Crippen LogP contribution in [0.2, 0.25) is 30.7 Å². The van der Waals surface area contributed by atoms with Crippen molar-refractivity contribution in [3.05, 3.63) is 162 Å². The van der Waals surface area contributed by atoms with Crippen LogP contribution >= 0.6 is 11.8 Å². The zero-order valence-corrected chi connectivity index (χ0v) is 48.3. The number of esters is 2. The van der Waals surface area contributed by atoms with Gasteiger partial charge in [0, 0.05) is 31.4 Å². The molecular weight excluding hydrogens is 985 g/mol. The maximum atomic E-state index is 14.5. The van der Waals surface area contributed by atoms with Gasteiger partial charge in [0.2, 0.25) is 0 Å². The molecule has 14 heteroatoms. The maximum Gasteiger partial charge on any atom is 0.342 e. The zero-order valence-electron chi connectivity index (χ0n) is 45.5. The number of benzene rings is 5. The van der Waals surface area contributed by atoms with Crippen molar-refractivity contribution in [1.29, 1.82) is 0 Å². The van der Waals surface area contributed by atoms with E-state index < -0.39 is 57.7 Å². The SMILES string of the molecule is COCOc1ccc(C(=O)OC)c(C(CC[C@@H]2OC(C)(C)O[C@@H]2C(C=CC[C@@H](C)O[Si](c2ccccc2)(c2ccccc2)C(C)(C)C)OCc2ccc(OC)cc2)Sc2ccccc2)c1C(=O)OCC[Si](C)(C)C. The molecule has 398 valence electrons. The van der Waals surface area contributed by atoms with Gasteiger partial charge in [0.15, 0.2) is 12.6 Å². The molecule has 74 heavy (non-hydrogen) atoms. The monoisotopic (exact) mass is 1060 g/mol. The molecule has 5 atom stereocenters. The molecule has 1 aliphatic rings. The minimum absolute atomic E-state index is 0.123. The number of rotatable bonds is 26. The Kier molecular flexibility index (Phi) is 21.0. The molecule has 0 amide bonds. The van der Waals surface area contributed by atoms with Crippen LogP contribution in [0, 0.1) is 0 Å². The molecule has 0 saturated carbocycles. The molecule has 1 aliphatic heterocycles. The minimum Gasteiger partial charge on any atom is -0.497 e. The summed E-state index contributed by atoms with van der Waals surface area (Å²) in [4.78, 5) is 29.3. The van der Waals surface area contributed by atoms with Gasteiger partial charge in [-0.3, -0.25) is 0 Å². The van der Waals surface area contributed by atoms with Gasteiger partial charge in [-0.15, -0.1) is 11.8 Å². The smallest absolute Gasteiger partial charge is 0.342 e.